The Bertz CT molecular complexity index is 819. The number of benzene rings is 2. The van der Waals surface area contributed by atoms with Crippen LogP contribution in [-0.2, 0) is 0 Å². The van der Waals surface area contributed by atoms with Crippen molar-refractivity contribution in [3.63, 3.8) is 0 Å². The molecule has 0 bridgehead atoms. The average Bonchev–Trinajstić information content (AvgIpc) is 3.16. The van der Waals surface area contributed by atoms with Crippen LogP contribution in [0.5, 0.6) is 11.5 Å². The maximum absolute atomic E-state index is 11.8. The topological polar surface area (TPSA) is 61.0 Å². The zero-order valence-corrected chi connectivity index (χ0v) is 13.0. The number of esters is 1. The Balaban J connectivity index is 1.63. The molecular formula is C19H15NO4. The summed E-state index contributed by atoms with van der Waals surface area (Å²) in [5.41, 5.74) is 1.72. The van der Waals surface area contributed by atoms with Crippen LogP contribution in [0.3, 0.4) is 0 Å². The van der Waals surface area contributed by atoms with Crippen LogP contribution < -0.4 is 9.47 Å². The summed E-state index contributed by atoms with van der Waals surface area (Å²) in [4.78, 5) is 16.2. The molecule has 0 spiro atoms. The van der Waals surface area contributed by atoms with Crippen LogP contribution in [-0.4, -0.2) is 19.3 Å². The number of rotatable bonds is 5. The number of ether oxygens (including phenoxy) is 2. The molecule has 5 heteroatoms. The van der Waals surface area contributed by atoms with Crippen molar-refractivity contribution in [1.29, 1.82) is 0 Å². The zero-order chi connectivity index (χ0) is 16.8. The van der Waals surface area contributed by atoms with Gasteiger partial charge in [0.1, 0.15) is 11.5 Å². The Morgan fingerprint density at radius 1 is 1.00 bits per heavy atom. The number of carbonyl (C=O) groups excluding carboxylic acids is 1. The first-order chi connectivity index (χ1) is 11.7. The van der Waals surface area contributed by atoms with Crippen LogP contribution in [0.15, 0.2) is 76.3 Å². The van der Waals surface area contributed by atoms with Gasteiger partial charge in [0, 0.05) is 6.21 Å². The maximum Gasteiger partial charge on any atom is 0.379 e. The smallest absolute Gasteiger partial charge is 0.379 e. The Labute approximate surface area is 139 Å². The van der Waals surface area contributed by atoms with E-state index in [4.69, 9.17) is 13.9 Å². The molecule has 0 radical (unpaired) electrons. The van der Waals surface area contributed by atoms with Gasteiger partial charge in [-0.05, 0) is 66.2 Å². The van der Waals surface area contributed by atoms with E-state index >= 15 is 0 Å². The molecule has 0 N–H and O–H groups in total. The monoisotopic (exact) mass is 321 g/mol. The van der Waals surface area contributed by atoms with Crippen LogP contribution in [0.1, 0.15) is 16.1 Å². The highest BCUT2D eigenvalue weighted by Crippen LogP contribution is 2.18. The Morgan fingerprint density at radius 3 is 2.33 bits per heavy atom. The SMILES string of the molecule is COc1ccc(N=Cc2ccc(OC(=O)c3ccco3)cc2)cc1. The highest BCUT2D eigenvalue weighted by Gasteiger charge is 2.10. The fourth-order valence-electron chi connectivity index (χ4n) is 1.99. The first-order valence-electron chi connectivity index (χ1n) is 7.28. The lowest BCUT2D eigenvalue weighted by atomic mass is 10.2. The van der Waals surface area contributed by atoms with Crippen molar-refractivity contribution in [2.75, 3.05) is 7.11 Å². The molecule has 120 valence electrons. The second kappa shape index (κ2) is 7.28. The number of methoxy groups -OCH3 is 1. The van der Waals surface area contributed by atoms with Gasteiger partial charge in [0.2, 0.25) is 5.76 Å². The number of aliphatic imine (C=N–C) groups is 1. The second-order valence-corrected chi connectivity index (χ2v) is 4.89. The molecule has 0 aliphatic carbocycles. The average molecular weight is 321 g/mol. The molecule has 3 rings (SSSR count). The fraction of sp³-hybridized carbons (Fsp3) is 0.0526. The van der Waals surface area contributed by atoms with E-state index < -0.39 is 5.97 Å². The van der Waals surface area contributed by atoms with Crippen LogP contribution >= 0.6 is 0 Å². The fourth-order valence-corrected chi connectivity index (χ4v) is 1.99. The standard InChI is InChI=1S/C19H15NO4/c1-22-16-10-6-15(7-11-16)20-13-14-4-8-17(9-5-14)24-19(21)18-3-2-12-23-18/h2-13H,1H3. The van der Waals surface area contributed by atoms with E-state index in [2.05, 4.69) is 4.99 Å². The molecule has 0 amide bonds. The van der Waals surface area contributed by atoms with Crippen molar-refractivity contribution in [2.45, 2.75) is 0 Å². The highest BCUT2D eigenvalue weighted by molar-refractivity contribution is 5.88. The third-order valence-corrected chi connectivity index (χ3v) is 3.25. The van der Waals surface area contributed by atoms with E-state index in [0.717, 1.165) is 17.0 Å². The summed E-state index contributed by atoms with van der Waals surface area (Å²) in [5, 5.41) is 0. The largest absolute Gasteiger partial charge is 0.497 e. The minimum atomic E-state index is -0.528. The van der Waals surface area contributed by atoms with Crippen molar-refractivity contribution in [1.82, 2.24) is 0 Å². The number of carbonyl (C=O) groups is 1. The summed E-state index contributed by atoms with van der Waals surface area (Å²) in [5.74, 6) is 0.870. The van der Waals surface area contributed by atoms with Crippen LogP contribution in [0, 0.1) is 0 Å². The van der Waals surface area contributed by atoms with E-state index in [0.29, 0.717) is 5.75 Å². The first kappa shape index (κ1) is 15.6. The van der Waals surface area contributed by atoms with Gasteiger partial charge in [0.05, 0.1) is 19.1 Å². The van der Waals surface area contributed by atoms with E-state index in [1.807, 2.05) is 36.4 Å². The van der Waals surface area contributed by atoms with E-state index in [9.17, 15) is 4.79 Å². The summed E-state index contributed by atoms with van der Waals surface area (Å²) < 4.78 is 15.3. The molecule has 5 nitrogen and oxygen atoms in total. The van der Waals surface area contributed by atoms with Gasteiger partial charge < -0.3 is 13.9 Å². The van der Waals surface area contributed by atoms with Crippen LogP contribution in [0.2, 0.25) is 0 Å². The lowest BCUT2D eigenvalue weighted by molar-refractivity contribution is 0.0701. The molecule has 1 aromatic heterocycles. The highest BCUT2D eigenvalue weighted by atomic mass is 16.5. The predicted octanol–water partition coefficient (Wildman–Crippen LogP) is 4.26. The molecule has 0 aliphatic rings. The Hall–Kier alpha value is -3.34. The van der Waals surface area contributed by atoms with E-state index in [-0.39, 0.29) is 5.76 Å². The van der Waals surface area contributed by atoms with Crippen molar-refractivity contribution in [3.8, 4) is 11.5 Å². The van der Waals surface area contributed by atoms with Gasteiger partial charge in [0.15, 0.2) is 0 Å². The molecule has 2 aromatic carbocycles. The Kier molecular flexibility index (Phi) is 4.72. The third-order valence-electron chi connectivity index (χ3n) is 3.25. The molecule has 0 fully saturated rings. The van der Waals surface area contributed by atoms with Gasteiger partial charge in [-0.2, -0.15) is 0 Å². The quantitative estimate of drug-likeness (QED) is 0.400. The van der Waals surface area contributed by atoms with Crippen molar-refractivity contribution >= 4 is 17.9 Å². The Morgan fingerprint density at radius 2 is 1.71 bits per heavy atom. The maximum atomic E-state index is 11.8. The number of furan rings is 1. The predicted molar refractivity (Wildman–Crippen MR) is 90.4 cm³/mol. The number of hydrogen-bond acceptors (Lipinski definition) is 5. The summed E-state index contributed by atoms with van der Waals surface area (Å²) in [6, 6.07) is 17.7. The van der Waals surface area contributed by atoms with Crippen molar-refractivity contribution < 1.29 is 18.7 Å². The van der Waals surface area contributed by atoms with E-state index in [1.54, 1.807) is 37.6 Å². The molecule has 0 saturated carbocycles. The van der Waals surface area contributed by atoms with Gasteiger partial charge in [-0.3, -0.25) is 4.99 Å². The van der Waals surface area contributed by atoms with Crippen LogP contribution in [0.25, 0.3) is 0 Å². The minimum Gasteiger partial charge on any atom is -0.497 e. The van der Waals surface area contributed by atoms with Gasteiger partial charge in [-0.25, -0.2) is 4.79 Å². The molecule has 0 atom stereocenters. The summed E-state index contributed by atoms with van der Waals surface area (Å²) in [6.07, 6.45) is 3.16. The normalized spacial score (nSPS) is 10.7. The van der Waals surface area contributed by atoms with Crippen molar-refractivity contribution in [2.24, 2.45) is 4.99 Å². The second-order valence-electron chi connectivity index (χ2n) is 4.89. The van der Waals surface area contributed by atoms with E-state index in [1.165, 1.54) is 6.26 Å². The van der Waals surface area contributed by atoms with Crippen molar-refractivity contribution in [3.05, 3.63) is 78.3 Å². The van der Waals surface area contributed by atoms with Gasteiger partial charge in [-0.15, -0.1) is 0 Å². The van der Waals surface area contributed by atoms with Crippen LogP contribution in [0.4, 0.5) is 5.69 Å². The lowest BCUT2D eigenvalue weighted by Crippen LogP contribution is -2.06. The molecule has 3 aromatic rings. The molecule has 24 heavy (non-hydrogen) atoms. The van der Waals surface area contributed by atoms with Gasteiger partial charge in [0.25, 0.3) is 0 Å². The molecule has 0 unspecified atom stereocenters. The van der Waals surface area contributed by atoms with Gasteiger partial charge in [-0.1, -0.05) is 0 Å². The molecular weight excluding hydrogens is 306 g/mol. The first-order valence-corrected chi connectivity index (χ1v) is 7.28. The lowest BCUT2D eigenvalue weighted by Gasteiger charge is -2.02. The molecule has 1 heterocycles. The third kappa shape index (κ3) is 3.89. The summed E-state index contributed by atoms with van der Waals surface area (Å²) in [6.45, 7) is 0. The van der Waals surface area contributed by atoms with Gasteiger partial charge >= 0.3 is 5.97 Å². The minimum absolute atomic E-state index is 0.167. The molecule has 0 aliphatic heterocycles. The number of hydrogen-bond donors (Lipinski definition) is 0. The summed E-state index contributed by atoms with van der Waals surface area (Å²) in [7, 11) is 1.62. The summed E-state index contributed by atoms with van der Waals surface area (Å²) >= 11 is 0. The molecule has 0 saturated heterocycles. The number of nitrogens with zero attached hydrogens (tertiary/aromatic N) is 1. The zero-order valence-electron chi connectivity index (χ0n) is 13.0.